The van der Waals surface area contributed by atoms with E-state index in [0.717, 1.165) is 12.8 Å². The Morgan fingerprint density at radius 2 is 2.12 bits per heavy atom. The van der Waals surface area contributed by atoms with Crippen LogP contribution < -0.4 is 11.5 Å². The van der Waals surface area contributed by atoms with Crippen molar-refractivity contribution in [3.63, 3.8) is 0 Å². The van der Waals surface area contributed by atoms with E-state index in [9.17, 15) is 9.90 Å². The van der Waals surface area contributed by atoms with Gasteiger partial charge in [0.25, 0.3) is 0 Å². The largest absolute Gasteiger partial charge is 0.384 e. The van der Waals surface area contributed by atoms with E-state index in [0.29, 0.717) is 30.5 Å². The average molecular weight is 484 g/mol. The van der Waals surface area contributed by atoms with Crippen LogP contribution in [0.15, 0.2) is 25.0 Å². The van der Waals surface area contributed by atoms with Crippen LogP contribution in [0.2, 0.25) is 5.02 Å². The highest BCUT2D eigenvalue weighted by Gasteiger charge is 2.31. The van der Waals surface area contributed by atoms with Crippen LogP contribution in [0.4, 0.5) is 10.2 Å². The molecular weight excluding hydrogens is 461 g/mol. The van der Waals surface area contributed by atoms with E-state index in [2.05, 4.69) is 28.5 Å². The van der Waals surface area contributed by atoms with Crippen LogP contribution in [0.5, 0.6) is 0 Å². The van der Waals surface area contributed by atoms with Gasteiger partial charge in [-0.3, -0.25) is 4.79 Å². The van der Waals surface area contributed by atoms with Crippen molar-refractivity contribution in [1.29, 1.82) is 0 Å². The van der Waals surface area contributed by atoms with Crippen molar-refractivity contribution < 1.29 is 14.3 Å². The highest BCUT2D eigenvalue weighted by Crippen LogP contribution is 2.39. The third-order valence-corrected chi connectivity index (χ3v) is 6.64. The molecule has 1 unspecified atom stereocenters. The first-order valence-corrected chi connectivity index (χ1v) is 11.3. The molecule has 2 atom stereocenters. The number of anilines is 1. The number of aliphatic hydroxyl groups excluding tert-OH is 1. The second-order valence-corrected chi connectivity index (χ2v) is 8.90. The monoisotopic (exact) mass is 483 g/mol. The van der Waals surface area contributed by atoms with E-state index < -0.39 is 12.0 Å². The van der Waals surface area contributed by atoms with Crippen molar-refractivity contribution in [3.05, 3.63) is 52.7 Å². The fourth-order valence-electron chi connectivity index (χ4n) is 4.37. The molecule has 1 amide bonds. The number of aromatic nitrogens is 4. The molecule has 1 saturated carbocycles. The molecule has 3 aromatic rings. The smallest absolute Gasteiger partial charge is 0.246 e. The fraction of sp³-hybridized carbons (Fsp3) is 0.348. The Labute approximate surface area is 199 Å². The molecule has 1 saturated heterocycles. The predicted octanol–water partition coefficient (Wildman–Crippen LogP) is 2.25. The van der Waals surface area contributed by atoms with Gasteiger partial charge in [-0.1, -0.05) is 24.1 Å². The van der Waals surface area contributed by atoms with Crippen LogP contribution in [0.25, 0.3) is 11.0 Å². The zero-order chi connectivity index (χ0) is 24.1. The van der Waals surface area contributed by atoms with Crippen LogP contribution in [0.3, 0.4) is 0 Å². The molecule has 0 radical (unpaired) electrons. The molecule has 1 aliphatic heterocycles. The SMILES string of the molecule is C=CC(=O)N1CC[C@H](n2nc(C#Cc3cc4ncn(C5CC5)c4c(F)c3Cl)c(C(N)O)c2N)C1. The van der Waals surface area contributed by atoms with E-state index in [1.54, 1.807) is 21.9 Å². The maximum absolute atomic E-state index is 15.1. The highest BCUT2D eigenvalue weighted by atomic mass is 35.5. The summed E-state index contributed by atoms with van der Waals surface area (Å²) in [4.78, 5) is 17.9. The number of aliphatic hydroxyl groups is 1. The summed E-state index contributed by atoms with van der Waals surface area (Å²) in [6.45, 7) is 4.43. The summed E-state index contributed by atoms with van der Waals surface area (Å²) < 4.78 is 18.4. The number of amides is 1. The molecule has 2 aromatic heterocycles. The molecule has 5 rings (SSSR count). The summed E-state index contributed by atoms with van der Waals surface area (Å²) in [5.74, 6) is 5.07. The van der Waals surface area contributed by atoms with Gasteiger partial charge in [-0.2, -0.15) is 5.10 Å². The predicted molar refractivity (Wildman–Crippen MR) is 125 cm³/mol. The third kappa shape index (κ3) is 3.72. The minimum Gasteiger partial charge on any atom is -0.384 e. The number of imidazole rings is 1. The van der Waals surface area contributed by atoms with Gasteiger partial charge in [-0.05, 0) is 37.3 Å². The summed E-state index contributed by atoms with van der Waals surface area (Å²) in [5, 5.41) is 14.5. The van der Waals surface area contributed by atoms with Gasteiger partial charge in [-0.25, -0.2) is 14.1 Å². The molecule has 2 aliphatic rings. The number of carbonyl (C=O) groups excluding carboxylic acids is 1. The molecule has 11 heteroatoms. The molecule has 3 heterocycles. The van der Waals surface area contributed by atoms with Gasteiger partial charge in [0.1, 0.15) is 23.3 Å². The van der Waals surface area contributed by atoms with Crippen molar-refractivity contribution >= 4 is 34.4 Å². The fourth-order valence-corrected chi connectivity index (χ4v) is 4.56. The van der Waals surface area contributed by atoms with E-state index in [1.807, 2.05) is 0 Å². The highest BCUT2D eigenvalue weighted by molar-refractivity contribution is 6.32. The number of benzene rings is 1. The molecule has 1 aliphatic carbocycles. The first-order valence-electron chi connectivity index (χ1n) is 10.9. The lowest BCUT2D eigenvalue weighted by molar-refractivity contribution is -0.125. The van der Waals surface area contributed by atoms with Crippen molar-refractivity contribution in [2.24, 2.45) is 5.73 Å². The van der Waals surface area contributed by atoms with Crippen molar-refractivity contribution in [2.45, 2.75) is 37.6 Å². The Balaban J connectivity index is 1.51. The van der Waals surface area contributed by atoms with E-state index >= 15 is 4.39 Å². The molecule has 176 valence electrons. The summed E-state index contributed by atoms with van der Waals surface area (Å²) in [6.07, 6.45) is 4.04. The van der Waals surface area contributed by atoms with Crippen LogP contribution in [-0.4, -0.2) is 48.3 Å². The van der Waals surface area contributed by atoms with Crippen molar-refractivity contribution in [1.82, 2.24) is 24.2 Å². The van der Waals surface area contributed by atoms with Crippen molar-refractivity contribution in [2.75, 3.05) is 18.8 Å². The van der Waals surface area contributed by atoms with Gasteiger partial charge in [0.2, 0.25) is 5.91 Å². The quantitative estimate of drug-likeness (QED) is 0.296. The number of carbonyl (C=O) groups is 1. The molecule has 1 aromatic carbocycles. The summed E-state index contributed by atoms with van der Waals surface area (Å²) >= 11 is 6.31. The first kappa shape index (κ1) is 22.4. The van der Waals surface area contributed by atoms with Gasteiger partial charge in [0, 0.05) is 24.7 Å². The Morgan fingerprint density at radius 3 is 2.79 bits per heavy atom. The summed E-state index contributed by atoms with van der Waals surface area (Å²) in [7, 11) is 0. The van der Waals surface area contributed by atoms with E-state index in [1.165, 1.54) is 10.8 Å². The minimum absolute atomic E-state index is 0.112. The number of fused-ring (bicyclic) bond motifs is 1. The number of nitrogens with two attached hydrogens (primary N) is 2. The zero-order valence-corrected chi connectivity index (χ0v) is 19.0. The Morgan fingerprint density at radius 1 is 1.35 bits per heavy atom. The first-order chi connectivity index (χ1) is 16.3. The second kappa shape index (κ2) is 8.43. The average Bonchev–Trinajstić information content (AvgIpc) is 3.23. The van der Waals surface area contributed by atoms with Gasteiger partial charge in [0.05, 0.1) is 28.5 Å². The Kier molecular flexibility index (Phi) is 5.56. The van der Waals surface area contributed by atoms with E-state index in [-0.39, 0.29) is 45.7 Å². The van der Waals surface area contributed by atoms with Crippen LogP contribution in [0, 0.1) is 17.7 Å². The third-order valence-electron chi connectivity index (χ3n) is 6.27. The molecule has 5 N–H and O–H groups in total. The topological polar surface area (TPSA) is 128 Å². The number of halogens is 2. The summed E-state index contributed by atoms with van der Waals surface area (Å²) in [5.41, 5.74) is 13.4. The van der Waals surface area contributed by atoms with Gasteiger partial charge in [-0.15, -0.1) is 0 Å². The van der Waals surface area contributed by atoms with Gasteiger partial charge < -0.3 is 26.0 Å². The van der Waals surface area contributed by atoms with Crippen LogP contribution in [-0.2, 0) is 4.79 Å². The molecule has 9 nitrogen and oxygen atoms in total. The molecule has 0 spiro atoms. The maximum Gasteiger partial charge on any atom is 0.246 e. The van der Waals surface area contributed by atoms with E-state index in [4.69, 9.17) is 23.1 Å². The normalized spacial score (nSPS) is 18.7. The zero-order valence-electron chi connectivity index (χ0n) is 18.2. The minimum atomic E-state index is -1.42. The number of hydrogen-bond acceptors (Lipinski definition) is 6. The number of likely N-dealkylation sites (tertiary alicyclic amines) is 1. The van der Waals surface area contributed by atoms with Crippen LogP contribution in [0.1, 0.15) is 54.4 Å². The summed E-state index contributed by atoms with van der Waals surface area (Å²) in [6, 6.07) is 1.67. The number of hydrogen-bond donors (Lipinski definition) is 3. The molecular formula is C23H23ClFN7O2. The lowest BCUT2D eigenvalue weighted by Gasteiger charge is -2.15. The lowest BCUT2D eigenvalue weighted by atomic mass is 10.1. The molecule has 0 bridgehead atoms. The number of rotatable bonds is 4. The second-order valence-electron chi connectivity index (χ2n) is 8.52. The van der Waals surface area contributed by atoms with Gasteiger partial charge in [0.15, 0.2) is 5.82 Å². The van der Waals surface area contributed by atoms with Crippen LogP contribution >= 0.6 is 11.6 Å². The molecule has 2 fully saturated rings. The molecule has 34 heavy (non-hydrogen) atoms. The number of nitrogen functional groups attached to an aromatic ring is 1. The van der Waals surface area contributed by atoms with Crippen molar-refractivity contribution in [3.8, 4) is 11.8 Å². The Bertz CT molecular complexity index is 1380. The van der Waals surface area contributed by atoms with Gasteiger partial charge >= 0.3 is 0 Å². The maximum atomic E-state index is 15.1. The number of nitrogens with zero attached hydrogens (tertiary/aromatic N) is 5. The standard InChI is InChI=1S/C23H23ClFN7O2/c1-2-17(33)30-8-7-14(10-30)32-22(26)18(23(27)34)15(29-32)6-3-12-9-16-21(20(25)19(12)24)31(11-28-16)13-4-5-13/h2,9,11,13-14,23,34H,1,4-5,7-8,10,26-27H2/t14-,23?/m0/s1. The Hall–Kier alpha value is -3.39. The lowest BCUT2D eigenvalue weighted by Crippen LogP contribution is -2.27.